The van der Waals surface area contributed by atoms with Crippen molar-refractivity contribution in [3.05, 3.63) is 35.4 Å². The average Bonchev–Trinajstić information content (AvgIpc) is 2.45. The van der Waals surface area contributed by atoms with E-state index in [-0.39, 0.29) is 12.0 Å². The van der Waals surface area contributed by atoms with Crippen LogP contribution >= 0.6 is 0 Å². The lowest BCUT2D eigenvalue weighted by molar-refractivity contribution is -0.139. The van der Waals surface area contributed by atoms with E-state index in [2.05, 4.69) is 9.46 Å². The lowest BCUT2D eigenvalue weighted by atomic mass is 10.1. The molecular weight excluding hydrogens is 310 g/mol. The van der Waals surface area contributed by atoms with Gasteiger partial charge in [0.2, 0.25) is 10.0 Å². The second-order valence-electron chi connectivity index (χ2n) is 4.75. The van der Waals surface area contributed by atoms with Gasteiger partial charge in [-0.15, -0.1) is 0 Å². The van der Waals surface area contributed by atoms with Crippen molar-refractivity contribution in [2.45, 2.75) is 31.6 Å². The van der Waals surface area contributed by atoms with Crippen molar-refractivity contribution in [1.82, 2.24) is 4.72 Å². The van der Waals surface area contributed by atoms with E-state index in [9.17, 15) is 18.0 Å². The number of benzene rings is 1. The topological polar surface area (TPSA) is 110 Å². The molecular formula is C14H19NO6S. The summed E-state index contributed by atoms with van der Waals surface area (Å²) in [6.07, 6.45) is 0.744. The summed E-state index contributed by atoms with van der Waals surface area (Å²) in [5, 5.41) is 8.99. The molecule has 0 aliphatic carbocycles. The second kappa shape index (κ2) is 7.90. The summed E-state index contributed by atoms with van der Waals surface area (Å²) in [6, 6.07) is 4.84. The number of methoxy groups -OCH3 is 1. The van der Waals surface area contributed by atoms with Crippen molar-refractivity contribution >= 4 is 22.0 Å². The summed E-state index contributed by atoms with van der Waals surface area (Å²) in [5.74, 6) is -2.19. The molecule has 0 aromatic heterocycles. The van der Waals surface area contributed by atoms with Crippen LogP contribution in [-0.2, 0) is 25.3 Å². The van der Waals surface area contributed by atoms with Gasteiger partial charge in [-0.1, -0.05) is 25.5 Å². The van der Waals surface area contributed by atoms with Gasteiger partial charge in [0.15, 0.2) is 0 Å². The van der Waals surface area contributed by atoms with Crippen LogP contribution in [0.3, 0.4) is 0 Å². The summed E-state index contributed by atoms with van der Waals surface area (Å²) in [5.41, 5.74) is 0.606. The fourth-order valence-corrected chi connectivity index (χ4v) is 3.26. The number of hydrogen-bond donors (Lipinski definition) is 2. The lowest BCUT2D eigenvalue weighted by Crippen LogP contribution is -2.41. The van der Waals surface area contributed by atoms with Gasteiger partial charge in [0.05, 0.1) is 18.4 Å². The van der Waals surface area contributed by atoms with E-state index in [4.69, 9.17) is 5.11 Å². The van der Waals surface area contributed by atoms with Crippen LogP contribution < -0.4 is 4.72 Å². The number of aliphatic carboxylic acids is 1. The maximum Gasteiger partial charge on any atom is 0.337 e. The molecule has 0 bridgehead atoms. The Hall–Kier alpha value is -1.93. The summed E-state index contributed by atoms with van der Waals surface area (Å²) in [4.78, 5) is 22.4. The number of sulfonamides is 1. The standard InChI is InChI=1S/C14H19NO6S/c1-3-5-12(13(16)17)15-22(19,20)9-10-6-4-7-11(8-10)14(18)21-2/h4,6-8,12,15H,3,5,9H2,1-2H3,(H,16,17). The number of rotatable bonds is 8. The Bertz CT molecular complexity index is 640. The Morgan fingerprint density at radius 1 is 1.36 bits per heavy atom. The van der Waals surface area contributed by atoms with Gasteiger partial charge in [0, 0.05) is 0 Å². The molecule has 0 aliphatic rings. The summed E-state index contributed by atoms with van der Waals surface area (Å²) >= 11 is 0. The first-order valence-electron chi connectivity index (χ1n) is 6.69. The SMILES string of the molecule is CCCC(NS(=O)(=O)Cc1cccc(C(=O)OC)c1)C(=O)O. The Kier molecular flexibility index (Phi) is 6.51. The number of carboxylic acid groups (broad SMARTS) is 1. The molecule has 2 N–H and O–H groups in total. The Morgan fingerprint density at radius 3 is 2.59 bits per heavy atom. The highest BCUT2D eigenvalue weighted by molar-refractivity contribution is 7.88. The first kappa shape index (κ1) is 18.1. The maximum atomic E-state index is 12.0. The Balaban J connectivity index is 2.88. The van der Waals surface area contributed by atoms with Gasteiger partial charge in [-0.2, -0.15) is 0 Å². The van der Waals surface area contributed by atoms with Crippen LogP contribution in [0.4, 0.5) is 0 Å². The molecule has 0 saturated carbocycles. The largest absolute Gasteiger partial charge is 0.480 e. The molecule has 1 rings (SSSR count). The van der Waals surface area contributed by atoms with E-state index in [0.717, 1.165) is 0 Å². The number of hydrogen-bond acceptors (Lipinski definition) is 5. The smallest absolute Gasteiger partial charge is 0.337 e. The van der Waals surface area contributed by atoms with Crippen molar-refractivity contribution < 1.29 is 27.9 Å². The molecule has 1 aromatic rings. The van der Waals surface area contributed by atoms with Crippen molar-refractivity contribution in [2.24, 2.45) is 0 Å². The molecule has 0 aliphatic heterocycles. The van der Waals surface area contributed by atoms with Crippen molar-refractivity contribution in [1.29, 1.82) is 0 Å². The molecule has 0 saturated heterocycles. The number of ether oxygens (including phenoxy) is 1. The van der Waals surface area contributed by atoms with Crippen LogP contribution in [-0.4, -0.2) is 38.6 Å². The zero-order valence-corrected chi connectivity index (χ0v) is 13.2. The minimum absolute atomic E-state index is 0.205. The molecule has 0 fully saturated rings. The van der Waals surface area contributed by atoms with Crippen molar-refractivity contribution in [3.8, 4) is 0 Å². The van der Waals surface area contributed by atoms with Crippen LogP contribution in [0, 0.1) is 0 Å². The lowest BCUT2D eigenvalue weighted by Gasteiger charge is -2.14. The summed E-state index contributed by atoms with van der Waals surface area (Å²) in [6.45, 7) is 1.77. The molecule has 0 heterocycles. The second-order valence-corrected chi connectivity index (χ2v) is 6.50. The third kappa shape index (κ3) is 5.45. The van der Waals surface area contributed by atoms with Gasteiger partial charge >= 0.3 is 11.9 Å². The highest BCUT2D eigenvalue weighted by Crippen LogP contribution is 2.11. The molecule has 7 nitrogen and oxygen atoms in total. The molecule has 1 atom stereocenters. The van der Waals surface area contributed by atoms with Crippen LogP contribution in [0.25, 0.3) is 0 Å². The highest BCUT2D eigenvalue weighted by Gasteiger charge is 2.23. The summed E-state index contributed by atoms with van der Waals surface area (Å²) < 4.78 is 30.8. The van der Waals surface area contributed by atoms with Gasteiger partial charge in [0.25, 0.3) is 0 Å². The van der Waals surface area contributed by atoms with E-state index < -0.39 is 33.8 Å². The van der Waals surface area contributed by atoms with Crippen LogP contribution in [0.5, 0.6) is 0 Å². The molecule has 22 heavy (non-hydrogen) atoms. The zero-order chi connectivity index (χ0) is 16.8. The molecule has 0 amide bonds. The van der Waals surface area contributed by atoms with Crippen LogP contribution in [0.2, 0.25) is 0 Å². The predicted molar refractivity (Wildman–Crippen MR) is 79.9 cm³/mol. The van der Waals surface area contributed by atoms with E-state index in [1.165, 1.54) is 25.3 Å². The fraction of sp³-hybridized carbons (Fsp3) is 0.429. The maximum absolute atomic E-state index is 12.0. The molecule has 8 heteroatoms. The fourth-order valence-electron chi connectivity index (χ4n) is 1.91. The first-order valence-corrected chi connectivity index (χ1v) is 8.34. The van der Waals surface area contributed by atoms with E-state index in [0.29, 0.717) is 12.0 Å². The number of esters is 1. The van der Waals surface area contributed by atoms with E-state index in [1.807, 2.05) is 0 Å². The quantitative estimate of drug-likeness (QED) is 0.692. The molecule has 122 valence electrons. The van der Waals surface area contributed by atoms with Crippen LogP contribution in [0.1, 0.15) is 35.7 Å². The normalized spacial score (nSPS) is 12.6. The molecule has 1 unspecified atom stereocenters. The van der Waals surface area contributed by atoms with Gasteiger partial charge in [-0.05, 0) is 24.1 Å². The first-order chi connectivity index (χ1) is 10.3. The van der Waals surface area contributed by atoms with Gasteiger partial charge < -0.3 is 9.84 Å². The minimum Gasteiger partial charge on any atom is -0.480 e. The highest BCUT2D eigenvalue weighted by atomic mass is 32.2. The number of nitrogens with one attached hydrogen (secondary N) is 1. The Labute approximate surface area is 129 Å². The Morgan fingerprint density at radius 2 is 2.05 bits per heavy atom. The average molecular weight is 329 g/mol. The summed E-state index contributed by atoms with van der Waals surface area (Å²) in [7, 11) is -2.60. The van der Waals surface area contributed by atoms with Crippen molar-refractivity contribution in [2.75, 3.05) is 7.11 Å². The molecule has 0 spiro atoms. The third-order valence-corrected chi connectivity index (χ3v) is 4.26. The van der Waals surface area contributed by atoms with E-state index in [1.54, 1.807) is 13.0 Å². The van der Waals surface area contributed by atoms with Crippen molar-refractivity contribution in [3.63, 3.8) is 0 Å². The third-order valence-electron chi connectivity index (χ3n) is 2.90. The molecule has 0 radical (unpaired) electrons. The predicted octanol–water partition coefficient (Wildman–Crippen LogP) is 1.15. The van der Waals surface area contributed by atoms with Gasteiger partial charge in [-0.25, -0.2) is 17.9 Å². The number of carbonyl (C=O) groups excluding carboxylic acids is 1. The van der Waals surface area contributed by atoms with Gasteiger partial charge in [-0.3, -0.25) is 4.79 Å². The molecule has 1 aromatic carbocycles. The van der Waals surface area contributed by atoms with Crippen LogP contribution in [0.15, 0.2) is 24.3 Å². The number of carbonyl (C=O) groups is 2. The van der Waals surface area contributed by atoms with E-state index >= 15 is 0 Å². The number of carboxylic acids is 1. The minimum atomic E-state index is -3.83. The zero-order valence-electron chi connectivity index (χ0n) is 12.4. The van der Waals surface area contributed by atoms with Gasteiger partial charge in [0.1, 0.15) is 6.04 Å². The monoisotopic (exact) mass is 329 g/mol.